The van der Waals surface area contributed by atoms with E-state index in [1.807, 2.05) is 13.0 Å². The molecule has 2 rings (SSSR count). The molecule has 6 nitrogen and oxygen atoms in total. The standard InChI is InChI=1S/C13H23N5O/c1-2-15-11-9-12(18-13(14)17-11)16-7-6-10-5-3-4-8-19-10/h9-10H,2-8H2,1H3,(H4,14,15,16,17,18). The molecule has 1 atom stereocenters. The van der Waals surface area contributed by atoms with Gasteiger partial charge in [0.25, 0.3) is 0 Å². The van der Waals surface area contributed by atoms with Gasteiger partial charge < -0.3 is 21.1 Å². The van der Waals surface area contributed by atoms with Crippen molar-refractivity contribution in [3.8, 4) is 0 Å². The molecule has 0 radical (unpaired) electrons. The molecule has 0 bridgehead atoms. The molecule has 1 aromatic heterocycles. The SMILES string of the molecule is CCNc1cc(NCCC2CCCCO2)nc(N)n1. The van der Waals surface area contributed by atoms with Crippen LogP contribution in [0.15, 0.2) is 6.07 Å². The lowest BCUT2D eigenvalue weighted by atomic mass is 10.1. The number of nitrogens with two attached hydrogens (primary N) is 1. The third-order valence-electron chi connectivity index (χ3n) is 3.15. The summed E-state index contributed by atoms with van der Waals surface area (Å²) in [6, 6.07) is 1.88. The van der Waals surface area contributed by atoms with Gasteiger partial charge in [0.05, 0.1) is 6.10 Å². The molecule has 4 N–H and O–H groups in total. The summed E-state index contributed by atoms with van der Waals surface area (Å²) in [6.45, 7) is 4.57. The van der Waals surface area contributed by atoms with E-state index in [9.17, 15) is 0 Å². The number of ether oxygens (including phenoxy) is 1. The lowest BCUT2D eigenvalue weighted by molar-refractivity contribution is 0.0134. The van der Waals surface area contributed by atoms with Crippen molar-refractivity contribution < 1.29 is 4.74 Å². The molecular formula is C13H23N5O. The van der Waals surface area contributed by atoms with E-state index >= 15 is 0 Å². The number of nitrogen functional groups attached to an aromatic ring is 1. The first-order valence-electron chi connectivity index (χ1n) is 7.02. The van der Waals surface area contributed by atoms with Crippen molar-refractivity contribution in [2.75, 3.05) is 36.1 Å². The lowest BCUT2D eigenvalue weighted by Crippen LogP contribution is -2.22. The molecule has 0 spiro atoms. The van der Waals surface area contributed by atoms with Crippen LogP contribution in [0.25, 0.3) is 0 Å². The molecule has 1 aromatic rings. The molecule has 1 aliphatic rings. The maximum absolute atomic E-state index is 5.69. The third kappa shape index (κ3) is 4.55. The summed E-state index contributed by atoms with van der Waals surface area (Å²) in [5, 5.41) is 6.41. The van der Waals surface area contributed by atoms with E-state index in [1.165, 1.54) is 12.8 Å². The number of nitrogens with one attached hydrogen (secondary N) is 2. The number of aromatic nitrogens is 2. The molecule has 1 saturated heterocycles. The van der Waals surface area contributed by atoms with Crippen molar-refractivity contribution in [1.29, 1.82) is 0 Å². The summed E-state index contributed by atoms with van der Waals surface area (Å²) in [7, 11) is 0. The molecular weight excluding hydrogens is 242 g/mol. The molecule has 0 amide bonds. The van der Waals surface area contributed by atoms with Gasteiger partial charge in [-0.15, -0.1) is 0 Å². The maximum Gasteiger partial charge on any atom is 0.223 e. The summed E-state index contributed by atoms with van der Waals surface area (Å²) in [5.74, 6) is 1.81. The Balaban J connectivity index is 1.81. The number of hydrogen-bond acceptors (Lipinski definition) is 6. The van der Waals surface area contributed by atoms with Crippen LogP contribution >= 0.6 is 0 Å². The molecule has 0 saturated carbocycles. The van der Waals surface area contributed by atoms with Crippen LogP contribution in [0, 0.1) is 0 Å². The molecule has 0 aromatic carbocycles. The van der Waals surface area contributed by atoms with Crippen LogP contribution in [0.5, 0.6) is 0 Å². The Kier molecular flexibility index (Phi) is 5.20. The predicted octanol–water partition coefficient (Wildman–Crippen LogP) is 1.86. The van der Waals surface area contributed by atoms with Gasteiger partial charge in [0, 0.05) is 25.8 Å². The van der Waals surface area contributed by atoms with Crippen LogP contribution in [0.1, 0.15) is 32.6 Å². The van der Waals surface area contributed by atoms with E-state index in [2.05, 4.69) is 20.6 Å². The van der Waals surface area contributed by atoms with Crippen LogP contribution in [0.4, 0.5) is 17.6 Å². The van der Waals surface area contributed by atoms with Gasteiger partial charge in [-0.3, -0.25) is 0 Å². The van der Waals surface area contributed by atoms with Crippen LogP contribution in [-0.4, -0.2) is 35.8 Å². The molecule has 19 heavy (non-hydrogen) atoms. The second kappa shape index (κ2) is 7.13. The van der Waals surface area contributed by atoms with E-state index in [0.717, 1.165) is 44.2 Å². The molecule has 2 heterocycles. The van der Waals surface area contributed by atoms with Crippen molar-refractivity contribution in [2.24, 2.45) is 0 Å². The van der Waals surface area contributed by atoms with Crippen LogP contribution in [-0.2, 0) is 4.74 Å². The Morgan fingerprint density at radius 1 is 1.32 bits per heavy atom. The fourth-order valence-corrected chi connectivity index (χ4v) is 2.22. The van der Waals surface area contributed by atoms with Crippen molar-refractivity contribution in [3.05, 3.63) is 6.07 Å². The Hall–Kier alpha value is -1.56. The Labute approximate surface area is 114 Å². The van der Waals surface area contributed by atoms with Gasteiger partial charge >= 0.3 is 0 Å². The Morgan fingerprint density at radius 3 is 2.79 bits per heavy atom. The van der Waals surface area contributed by atoms with Crippen molar-refractivity contribution in [1.82, 2.24) is 9.97 Å². The summed E-state index contributed by atoms with van der Waals surface area (Å²) in [6.07, 6.45) is 5.01. The first-order valence-corrected chi connectivity index (χ1v) is 7.02. The molecule has 1 fully saturated rings. The second-order valence-electron chi connectivity index (χ2n) is 4.73. The highest BCUT2D eigenvalue weighted by Gasteiger charge is 2.13. The maximum atomic E-state index is 5.69. The van der Waals surface area contributed by atoms with Crippen LogP contribution in [0.3, 0.4) is 0 Å². The molecule has 106 valence electrons. The highest BCUT2D eigenvalue weighted by atomic mass is 16.5. The normalized spacial score (nSPS) is 19.1. The van der Waals surface area contributed by atoms with Gasteiger partial charge in [-0.25, -0.2) is 0 Å². The molecule has 0 aliphatic carbocycles. The summed E-state index contributed by atoms with van der Waals surface area (Å²) in [4.78, 5) is 8.29. The number of rotatable bonds is 6. The summed E-state index contributed by atoms with van der Waals surface area (Å²) in [5.41, 5.74) is 5.68. The fourth-order valence-electron chi connectivity index (χ4n) is 2.22. The largest absolute Gasteiger partial charge is 0.378 e. The quantitative estimate of drug-likeness (QED) is 0.728. The average molecular weight is 265 g/mol. The zero-order chi connectivity index (χ0) is 13.5. The molecule has 1 unspecified atom stereocenters. The zero-order valence-corrected chi connectivity index (χ0v) is 11.5. The van der Waals surface area contributed by atoms with Crippen molar-refractivity contribution >= 4 is 17.6 Å². The molecule has 1 aliphatic heterocycles. The minimum atomic E-state index is 0.287. The fraction of sp³-hybridized carbons (Fsp3) is 0.692. The topological polar surface area (TPSA) is 85.1 Å². The monoisotopic (exact) mass is 265 g/mol. The van der Waals surface area contributed by atoms with Gasteiger partial charge in [0.1, 0.15) is 11.6 Å². The summed E-state index contributed by atoms with van der Waals surface area (Å²) >= 11 is 0. The number of hydrogen-bond donors (Lipinski definition) is 3. The highest BCUT2D eigenvalue weighted by Crippen LogP contribution is 2.16. The zero-order valence-electron chi connectivity index (χ0n) is 11.5. The predicted molar refractivity (Wildman–Crippen MR) is 77.3 cm³/mol. The van der Waals surface area contributed by atoms with E-state index in [-0.39, 0.29) is 5.95 Å². The van der Waals surface area contributed by atoms with Crippen LogP contribution in [0.2, 0.25) is 0 Å². The smallest absolute Gasteiger partial charge is 0.223 e. The highest BCUT2D eigenvalue weighted by molar-refractivity contribution is 5.50. The van der Waals surface area contributed by atoms with Crippen LogP contribution < -0.4 is 16.4 Å². The van der Waals surface area contributed by atoms with E-state index in [1.54, 1.807) is 0 Å². The van der Waals surface area contributed by atoms with Gasteiger partial charge in [-0.2, -0.15) is 9.97 Å². The van der Waals surface area contributed by atoms with E-state index in [0.29, 0.717) is 6.10 Å². The lowest BCUT2D eigenvalue weighted by Gasteiger charge is -2.22. The second-order valence-corrected chi connectivity index (χ2v) is 4.73. The summed E-state index contributed by atoms with van der Waals surface area (Å²) < 4.78 is 5.69. The van der Waals surface area contributed by atoms with Crippen molar-refractivity contribution in [2.45, 2.75) is 38.7 Å². The minimum Gasteiger partial charge on any atom is -0.378 e. The van der Waals surface area contributed by atoms with Gasteiger partial charge in [0.2, 0.25) is 5.95 Å². The van der Waals surface area contributed by atoms with Gasteiger partial charge in [-0.1, -0.05) is 0 Å². The first kappa shape index (κ1) is 13.9. The third-order valence-corrected chi connectivity index (χ3v) is 3.15. The molecule has 6 heteroatoms. The minimum absolute atomic E-state index is 0.287. The van der Waals surface area contributed by atoms with E-state index < -0.39 is 0 Å². The van der Waals surface area contributed by atoms with E-state index in [4.69, 9.17) is 10.5 Å². The Bertz CT molecular complexity index is 393. The number of anilines is 3. The first-order chi connectivity index (χ1) is 9.28. The van der Waals surface area contributed by atoms with Gasteiger partial charge in [0.15, 0.2) is 0 Å². The Morgan fingerprint density at radius 2 is 2.11 bits per heavy atom. The number of nitrogens with zero attached hydrogens (tertiary/aromatic N) is 2. The van der Waals surface area contributed by atoms with Crippen molar-refractivity contribution in [3.63, 3.8) is 0 Å². The average Bonchev–Trinajstić information content (AvgIpc) is 2.40. The van der Waals surface area contributed by atoms with Gasteiger partial charge in [-0.05, 0) is 32.6 Å².